The molecule has 0 aliphatic carbocycles. The summed E-state index contributed by atoms with van der Waals surface area (Å²) in [6, 6.07) is 6.56. The maximum atomic E-state index is 13.7. The normalized spacial score (nSPS) is 11.6. The van der Waals surface area contributed by atoms with E-state index in [-0.39, 0.29) is 11.1 Å². The molecular formula is C42H74O4. The van der Waals surface area contributed by atoms with Crippen LogP contribution in [0, 0.1) is 0 Å². The van der Waals surface area contributed by atoms with Crippen molar-refractivity contribution in [2.24, 2.45) is 0 Å². The first kappa shape index (κ1) is 42.2. The lowest BCUT2D eigenvalue weighted by Gasteiger charge is -2.34. The molecule has 0 saturated heterocycles. The molecule has 0 atom stereocenters. The van der Waals surface area contributed by atoms with Crippen molar-refractivity contribution >= 4 is 11.9 Å². The molecule has 4 nitrogen and oxygen atoms in total. The molecule has 0 unspecified atom stereocenters. The molecule has 0 saturated carbocycles. The fourth-order valence-corrected chi connectivity index (χ4v) is 6.90. The molecule has 0 amide bonds. The Morgan fingerprint density at radius 2 is 0.761 bits per heavy atom. The van der Waals surface area contributed by atoms with Crippen LogP contribution >= 0.6 is 0 Å². The van der Waals surface area contributed by atoms with Gasteiger partial charge in [-0.1, -0.05) is 187 Å². The molecule has 46 heavy (non-hydrogen) atoms. The largest absolute Gasteiger partial charge is 0.478 e. The predicted octanol–water partition coefficient (Wildman–Crippen LogP) is 14.0. The van der Waals surface area contributed by atoms with Crippen LogP contribution < -0.4 is 0 Å². The third kappa shape index (κ3) is 21.1. The summed E-state index contributed by atoms with van der Waals surface area (Å²) >= 11 is 0. The maximum absolute atomic E-state index is 13.7. The lowest BCUT2D eigenvalue weighted by molar-refractivity contribution is -0.0362. The van der Waals surface area contributed by atoms with Crippen molar-refractivity contribution in [2.45, 2.75) is 219 Å². The van der Waals surface area contributed by atoms with E-state index in [9.17, 15) is 14.7 Å². The lowest BCUT2D eigenvalue weighted by atomic mass is 9.84. The molecule has 0 radical (unpaired) electrons. The molecule has 0 aliphatic rings. The molecule has 266 valence electrons. The van der Waals surface area contributed by atoms with Gasteiger partial charge in [0.2, 0.25) is 0 Å². The van der Waals surface area contributed by atoms with E-state index in [1.807, 2.05) is 0 Å². The number of carbonyl (C=O) groups excluding carboxylic acids is 1. The van der Waals surface area contributed by atoms with E-state index < -0.39 is 17.5 Å². The smallest absolute Gasteiger partial charge is 0.339 e. The highest BCUT2D eigenvalue weighted by Gasteiger charge is 2.34. The van der Waals surface area contributed by atoms with Crippen molar-refractivity contribution in [3.8, 4) is 0 Å². The average molecular weight is 643 g/mol. The molecule has 0 aromatic heterocycles. The van der Waals surface area contributed by atoms with Gasteiger partial charge in [-0.2, -0.15) is 0 Å². The number of hydrogen-bond donors (Lipinski definition) is 1. The fraction of sp³-hybridized carbons (Fsp3) is 0.810. The minimum absolute atomic E-state index is 0.0376. The van der Waals surface area contributed by atoms with Gasteiger partial charge < -0.3 is 9.84 Å². The summed E-state index contributed by atoms with van der Waals surface area (Å²) in [4.78, 5) is 25.6. The van der Waals surface area contributed by atoms with Crippen LogP contribution in [0.5, 0.6) is 0 Å². The number of ether oxygens (including phenoxy) is 1. The number of esters is 1. The van der Waals surface area contributed by atoms with Crippen molar-refractivity contribution in [1.29, 1.82) is 0 Å². The SMILES string of the molecule is CCCCCCCCCCCC(CCCCCCCCCCC)(CCCCCCCCCCC)OC(=O)c1ccccc1C(=O)O. The Bertz CT molecular complexity index is 808. The van der Waals surface area contributed by atoms with Crippen LogP contribution in [0.1, 0.15) is 234 Å². The Labute approximate surface area is 285 Å². The van der Waals surface area contributed by atoms with Gasteiger partial charge in [-0.05, 0) is 50.7 Å². The van der Waals surface area contributed by atoms with Gasteiger partial charge in [0, 0.05) is 0 Å². The Morgan fingerprint density at radius 3 is 1.07 bits per heavy atom. The average Bonchev–Trinajstić information content (AvgIpc) is 3.06. The Balaban J connectivity index is 2.89. The zero-order valence-corrected chi connectivity index (χ0v) is 30.7. The van der Waals surface area contributed by atoms with Gasteiger partial charge in [-0.25, -0.2) is 9.59 Å². The van der Waals surface area contributed by atoms with Gasteiger partial charge in [-0.15, -0.1) is 0 Å². The zero-order chi connectivity index (χ0) is 33.6. The van der Waals surface area contributed by atoms with Crippen LogP contribution in [0.3, 0.4) is 0 Å². The summed E-state index contributed by atoms with van der Waals surface area (Å²) in [5.74, 6) is -1.53. The zero-order valence-electron chi connectivity index (χ0n) is 30.7. The van der Waals surface area contributed by atoms with E-state index in [1.54, 1.807) is 18.2 Å². The first-order chi connectivity index (χ1) is 22.5. The van der Waals surface area contributed by atoms with Crippen LogP contribution in [0.2, 0.25) is 0 Å². The van der Waals surface area contributed by atoms with Crippen molar-refractivity contribution in [3.05, 3.63) is 35.4 Å². The third-order valence-corrected chi connectivity index (χ3v) is 9.89. The molecule has 0 spiro atoms. The minimum atomic E-state index is -1.07. The molecule has 1 rings (SSSR count). The van der Waals surface area contributed by atoms with Crippen molar-refractivity contribution in [2.75, 3.05) is 0 Å². The summed E-state index contributed by atoms with van der Waals surface area (Å²) in [5.41, 5.74) is -0.284. The van der Waals surface area contributed by atoms with E-state index in [2.05, 4.69) is 20.8 Å². The van der Waals surface area contributed by atoms with Crippen LogP contribution in [-0.2, 0) is 4.74 Å². The maximum Gasteiger partial charge on any atom is 0.339 e. The van der Waals surface area contributed by atoms with E-state index in [0.717, 1.165) is 38.5 Å². The Morgan fingerprint density at radius 1 is 0.478 bits per heavy atom. The number of benzene rings is 1. The van der Waals surface area contributed by atoms with Gasteiger partial charge in [0.25, 0.3) is 0 Å². The molecule has 4 heteroatoms. The van der Waals surface area contributed by atoms with Crippen molar-refractivity contribution < 1.29 is 19.4 Å². The minimum Gasteiger partial charge on any atom is -0.478 e. The first-order valence-electron chi connectivity index (χ1n) is 20.0. The Hall–Kier alpha value is -1.84. The summed E-state index contributed by atoms with van der Waals surface area (Å²) in [5, 5.41) is 9.78. The highest BCUT2D eigenvalue weighted by Crippen LogP contribution is 2.34. The van der Waals surface area contributed by atoms with Crippen LogP contribution in [0.25, 0.3) is 0 Å². The number of carboxylic acids is 1. The van der Waals surface area contributed by atoms with E-state index in [1.165, 1.54) is 160 Å². The van der Waals surface area contributed by atoms with Gasteiger partial charge in [0.05, 0.1) is 11.1 Å². The quantitative estimate of drug-likeness (QED) is 0.0612. The molecule has 0 heterocycles. The van der Waals surface area contributed by atoms with Crippen LogP contribution in [-0.4, -0.2) is 22.6 Å². The standard InChI is InChI=1S/C42H74O4/c1-4-7-10-13-16-19-22-25-30-35-42(36-31-26-23-20-17-14-11-8-5-2,37-32-27-24-21-18-15-12-9-6-3)46-41(45)39-34-29-28-33-38(39)40(43)44/h28-29,33-34H,4-27,30-32,35-37H2,1-3H3,(H,43,44). The second kappa shape index (κ2) is 29.3. The van der Waals surface area contributed by atoms with E-state index in [0.29, 0.717) is 0 Å². The highest BCUT2D eigenvalue weighted by molar-refractivity contribution is 6.02. The van der Waals surface area contributed by atoms with Gasteiger partial charge in [-0.3, -0.25) is 0 Å². The molecule has 0 bridgehead atoms. The number of carboxylic acid groups (broad SMARTS) is 1. The van der Waals surface area contributed by atoms with Crippen LogP contribution in [0.4, 0.5) is 0 Å². The number of carbonyl (C=O) groups is 2. The molecule has 1 aromatic carbocycles. The summed E-state index contributed by atoms with van der Waals surface area (Å²) < 4.78 is 6.53. The lowest BCUT2D eigenvalue weighted by Crippen LogP contribution is -2.36. The number of hydrogen-bond acceptors (Lipinski definition) is 3. The summed E-state index contributed by atoms with van der Waals surface area (Å²) in [6.07, 6.45) is 36.9. The van der Waals surface area contributed by atoms with Crippen molar-refractivity contribution in [1.82, 2.24) is 0 Å². The van der Waals surface area contributed by atoms with Crippen LogP contribution in [0.15, 0.2) is 24.3 Å². The number of aromatic carboxylic acids is 1. The van der Waals surface area contributed by atoms with E-state index in [4.69, 9.17) is 4.74 Å². The second-order valence-electron chi connectivity index (χ2n) is 14.2. The molecule has 1 aromatic rings. The predicted molar refractivity (Wildman–Crippen MR) is 197 cm³/mol. The second-order valence-corrected chi connectivity index (χ2v) is 14.2. The molecule has 0 aliphatic heterocycles. The molecule has 0 fully saturated rings. The Kier molecular flexibility index (Phi) is 26.9. The fourth-order valence-electron chi connectivity index (χ4n) is 6.90. The summed E-state index contributed by atoms with van der Waals surface area (Å²) in [6.45, 7) is 6.80. The van der Waals surface area contributed by atoms with Crippen molar-refractivity contribution in [3.63, 3.8) is 0 Å². The van der Waals surface area contributed by atoms with E-state index >= 15 is 0 Å². The summed E-state index contributed by atoms with van der Waals surface area (Å²) in [7, 11) is 0. The van der Waals surface area contributed by atoms with Gasteiger partial charge in [0.15, 0.2) is 0 Å². The molecule has 1 N–H and O–H groups in total. The van der Waals surface area contributed by atoms with Gasteiger partial charge >= 0.3 is 11.9 Å². The monoisotopic (exact) mass is 643 g/mol. The third-order valence-electron chi connectivity index (χ3n) is 9.89. The number of unbranched alkanes of at least 4 members (excludes halogenated alkanes) is 24. The highest BCUT2D eigenvalue weighted by atomic mass is 16.6. The van der Waals surface area contributed by atoms with Gasteiger partial charge in [0.1, 0.15) is 5.60 Å². The first-order valence-corrected chi connectivity index (χ1v) is 20.0. The topological polar surface area (TPSA) is 63.6 Å². The molecular weight excluding hydrogens is 568 g/mol. The number of rotatable bonds is 33.